The second-order valence-electron chi connectivity index (χ2n) is 5.27. The smallest absolute Gasteiger partial charge is 0.179 e. The molecule has 0 spiro atoms. The zero-order valence-electron chi connectivity index (χ0n) is 14.1. The van der Waals surface area contributed by atoms with Crippen LogP contribution in [0.1, 0.15) is 17.2 Å². The summed E-state index contributed by atoms with van der Waals surface area (Å²) in [6.07, 6.45) is 0.156. The van der Waals surface area contributed by atoms with Crippen LogP contribution in [0.4, 0.5) is 0 Å². The van der Waals surface area contributed by atoms with Crippen LogP contribution in [0.3, 0.4) is 0 Å². The SMILES string of the molecule is COc1ccc(CCNCC(O)c2ccccc2Br)c(Cl)c1OC.Cl. The Labute approximate surface area is 168 Å². The van der Waals surface area contributed by atoms with Crippen molar-refractivity contribution in [3.63, 3.8) is 0 Å². The first-order valence-electron chi connectivity index (χ1n) is 7.61. The molecule has 2 rings (SSSR count). The predicted octanol–water partition coefficient (Wildman–Crippen LogP) is 4.41. The molecule has 0 amide bonds. The molecule has 25 heavy (non-hydrogen) atoms. The van der Waals surface area contributed by atoms with Gasteiger partial charge >= 0.3 is 0 Å². The topological polar surface area (TPSA) is 50.7 Å². The fourth-order valence-electron chi connectivity index (χ4n) is 2.44. The van der Waals surface area contributed by atoms with Crippen molar-refractivity contribution in [2.45, 2.75) is 12.5 Å². The first kappa shape index (κ1) is 22.1. The standard InChI is InChI=1S/C18H21BrClNO3.ClH/c1-23-16-8-7-12(17(20)18(16)24-2)9-10-21-11-15(22)13-5-3-4-6-14(13)19;/h3-8,15,21-22H,9-11H2,1-2H3;1H. The van der Waals surface area contributed by atoms with Gasteiger partial charge in [0, 0.05) is 11.0 Å². The number of hydrogen-bond donors (Lipinski definition) is 2. The van der Waals surface area contributed by atoms with E-state index in [9.17, 15) is 5.11 Å². The molecule has 0 radical (unpaired) electrons. The molecular formula is C18H22BrCl2NO3. The third-order valence-electron chi connectivity index (χ3n) is 3.74. The fourth-order valence-corrected chi connectivity index (χ4v) is 3.32. The van der Waals surface area contributed by atoms with E-state index in [4.69, 9.17) is 21.1 Å². The molecule has 0 fully saturated rings. The van der Waals surface area contributed by atoms with Crippen LogP contribution in [0.2, 0.25) is 5.02 Å². The number of rotatable bonds is 8. The summed E-state index contributed by atoms with van der Waals surface area (Å²) in [5.74, 6) is 1.16. The first-order chi connectivity index (χ1) is 11.6. The lowest BCUT2D eigenvalue weighted by atomic mass is 10.1. The Kier molecular flexibility index (Phi) is 9.61. The summed E-state index contributed by atoms with van der Waals surface area (Å²) in [6.45, 7) is 1.16. The van der Waals surface area contributed by atoms with Crippen molar-refractivity contribution in [3.8, 4) is 11.5 Å². The van der Waals surface area contributed by atoms with Crippen LogP contribution in [0.25, 0.3) is 0 Å². The number of aliphatic hydroxyl groups excluding tert-OH is 1. The molecule has 0 saturated heterocycles. The van der Waals surface area contributed by atoms with Gasteiger partial charge in [-0.05, 0) is 36.2 Å². The Bertz CT molecular complexity index is 685. The molecule has 0 bridgehead atoms. The van der Waals surface area contributed by atoms with Crippen LogP contribution >= 0.6 is 39.9 Å². The van der Waals surface area contributed by atoms with E-state index in [0.29, 0.717) is 29.6 Å². The Balaban J connectivity index is 0.00000312. The maximum atomic E-state index is 10.2. The molecule has 1 unspecified atom stereocenters. The fraction of sp³-hybridized carbons (Fsp3) is 0.333. The quantitative estimate of drug-likeness (QED) is 0.585. The normalized spacial score (nSPS) is 11.6. The second-order valence-corrected chi connectivity index (χ2v) is 6.50. The van der Waals surface area contributed by atoms with Gasteiger partial charge in [0.2, 0.25) is 0 Å². The van der Waals surface area contributed by atoms with Crippen LogP contribution in [0.15, 0.2) is 40.9 Å². The minimum absolute atomic E-state index is 0. The van der Waals surface area contributed by atoms with Gasteiger partial charge in [-0.2, -0.15) is 0 Å². The number of ether oxygens (including phenoxy) is 2. The molecule has 0 aliphatic heterocycles. The van der Waals surface area contributed by atoms with Crippen LogP contribution in [-0.2, 0) is 6.42 Å². The highest BCUT2D eigenvalue weighted by Gasteiger charge is 2.13. The molecule has 0 aliphatic carbocycles. The molecule has 2 N–H and O–H groups in total. The summed E-state index contributed by atoms with van der Waals surface area (Å²) >= 11 is 9.81. The van der Waals surface area contributed by atoms with Gasteiger partial charge in [-0.1, -0.05) is 51.8 Å². The first-order valence-corrected chi connectivity index (χ1v) is 8.78. The second kappa shape index (κ2) is 10.9. The summed E-state index contributed by atoms with van der Waals surface area (Å²) in [5, 5.41) is 14.1. The molecule has 138 valence electrons. The highest BCUT2D eigenvalue weighted by atomic mass is 79.9. The Morgan fingerprint density at radius 2 is 1.88 bits per heavy atom. The lowest BCUT2D eigenvalue weighted by Gasteiger charge is -2.15. The highest BCUT2D eigenvalue weighted by molar-refractivity contribution is 9.10. The van der Waals surface area contributed by atoms with E-state index in [1.807, 2.05) is 36.4 Å². The average molecular weight is 451 g/mol. The number of halogens is 3. The van der Waals surface area contributed by atoms with E-state index < -0.39 is 6.10 Å². The minimum atomic E-state index is -0.568. The molecular weight excluding hydrogens is 429 g/mol. The maximum Gasteiger partial charge on any atom is 0.179 e. The zero-order chi connectivity index (χ0) is 17.5. The van der Waals surface area contributed by atoms with Crippen LogP contribution in [0.5, 0.6) is 11.5 Å². The maximum absolute atomic E-state index is 10.2. The van der Waals surface area contributed by atoms with E-state index in [0.717, 1.165) is 22.0 Å². The molecule has 1 atom stereocenters. The van der Waals surface area contributed by atoms with Crippen molar-refractivity contribution in [2.75, 3.05) is 27.3 Å². The molecule has 4 nitrogen and oxygen atoms in total. The predicted molar refractivity (Wildman–Crippen MR) is 107 cm³/mol. The van der Waals surface area contributed by atoms with Gasteiger partial charge < -0.3 is 19.9 Å². The summed E-state index contributed by atoms with van der Waals surface area (Å²) in [6, 6.07) is 11.4. The van der Waals surface area contributed by atoms with Crippen molar-refractivity contribution in [2.24, 2.45) is 0 Å². The zero-order valence-corrected chi connectivity index (χ0v) is 17.2. The van der Waals surface area contributed by atoms with Gasteiger partial charge in [0.1, 0.15) is 0 Å². The van der Waals surface area contributed by atoms with Gasteiger partial charge in [0.15, 0.2) is 11.5 Å². The minimum Gasteiger partial charge on any atom is -0.493 e. The summed E-state index contributed by atoms with van der Waals surface area (Å²) < 4.78 is 11.4. The van der Waals surface area contributed by atoms with Crippen LogP contribution in [0, 0.1) is 0 Å². The number of benzene rings is 2. The van der Waals surface area contributed by atoms with Crippen molar-refractivity contribution < 1.29 is 14.6 Å². The average Bonchev–Trinajstić information content (AvgIpc) is 2.59. The monoisotopic (exact) mass is 449 g/mol. The van der Waals surface area contributed by atoms with Gasteiger partial charge in [0.05, 0.1) is 25.3 Å². The van der Waals surface area contributed by atoms with Gasteiger partial charge in [-0.3, -0.25) is 0 Å². The van der Waals surface area contributed by atoms with E-state index >= 15 is 0 Å². The lowest BCUT2D eigenvalue weighted by molar-refractivity contribution is 0.174. The van der Waals surface area contributed by atoms with E-state index in [1.165, 1.54) is 0 Å². The van der Waals surface area contributed by atoms with E-state index in [1.54, 1.807) is 14.2 Å². The molecule has 0 aliphatic rings. The lowest BCUT2D eigenvalue weighted by Crippen LogP contribution is -2.24. The number of nitrogens with one attached hydrogen (secondary N) is 1. The Morgan fingerprint density at radius 3 is 2.52 bits per heavy atom. The van der Waals surface area contributed by atoms with E-state index in [-0.39, 0.29) is 12.4 Å². The molecule has 0 saturated carbocycles. The molecule has 2 aromatic rings. The Morgan fingerprint density at radius 1 is 1.16 bits per heavy atom. The number of hydrogen-bond acceptors (Lipinski definition) is 4. The van der Waals surface area contributed by atoms with Gasteiger partial charge in [-0.15, -0.1) is 12.4 Å². The Hall–Kier alpha value is -0.980. The third-order valence-corrected chi connectivity index (χ3v) is 4.87. The largest absolute Gasteiger partial charge is 0.493 e. The third kappa shape index (κ3) is 5.76. The van der Waals surface area contributed by atoms with Crippen molar-refractivity contribution in [1.29, 1.82) is 0 Å². The summed E-state index contributed by atoms with van der Waals surface area (Å²) in [7, 11) is 3.15. The van der Waals surface area contributed by atoms with Gasteiger partial charge in [-0.25, -0.2) is 0 Å². The van der Waals surface area contributed by atoms with E-state index in [2.05, 4.69) is 21.2 Å². The van der Waals surface area contributed by atoms with Gasteiger partial charge in [0.25, 0.3) is 0 Å². The number of aliphatic hydroxyl groups is 1. The highest BCUT2D eigenvalue weighted by Crippen LogP contribution is 2.37. The van der Waals surface area contributed by atoms with Crippen molar-refractivity contribution in [1.82, 2.24) is 5.32 Å². The molecule has 0 aromatic heterocycles. The summed E-state index contributed by atoms with van der Waals surface area (Å²) in [5.41, 5.74) is 1.84. The molecule has 7 heteroatoms. The molecule has 0 heterocycles. The van der Waals surface area contributed by atoms with Crippen LogP contribution in [-0.4, -0.2) is 32.4 Å². The van der Waals surface area contributed by atoms with Crippen LogP contribution < -0.4 is 14.8 Å². The molecule has 2 aromatic carbocycles. The number of methoxy groups -OCH3 is 2. The van der Waals surface area contributed by atoms with Crippen molar-refractivity contribution >= 4 is 39.9 Å². The van der Waals surface area contributed by atoms with Crippen molar-refractivity contribution in [3.05, 3.63) is 57.0 Å². The summed E-state index contributed by atoms with van der Waals surface area (Å²) in [4.78, 5) is 0.